The minimum atomic E-state index is -0.111. The van der Waals surface area contributed by atoms with Gasteiger partial charge in [-0.05, 0) is 24.3 Å². The van der Waals surface area contributed by atoms with Crippen molar-refractivity contribution in [1.29, 1.82) is 5.26 Å². The summed E-state index contributed by atoms with van der Waals surface area (Å²) in [5.74, 6) is 2.11. The lowest BCUT2D eigenvalue weighted by Gasteiger charge is -2.17. The van der Waals surface area contributed by atoms with Gasteiger partial charge in [-0.25, -0.2) is 18.8 Å². The van der Waals surface area contributed by atoms with Gasteiger partial charge in [-0.1, -0.05) is 24.3 Å². The minimum absolute atomic E-state index is 0.111. The Bertz CT molecular complexity index is 925. The van der Waals surface area contributed by atoms with E-state index in [2.05, 4.69) is 49.1 Å². The van der Waals surface area contributed by atoms with E-state index in [9.17, 15) is 5.26 Å². The average molecular weight is 341 g/mol. The van der Waals surface area contributed by atoms with Crippen LogP contribution in [0, 0.1) is 11.3 Å². The van der Waals surface area contributed by atoms with Crippen molar-refractivity contribution >= 4 is 30.0 Å². The fraction of sp³-hybridized carbons (Fsp3) is 0.150. The maximum absolute atomic E-state index is 9.56. The normalized spacial score (nSPS) is 12.9. The maximum atomic E-state index is 9.56. The van der Waals surface area contributed by atoms with Crippen molar-refractivity contribution in [2.24, 2.45) is 14.1 Å². The molecule has 0 aliphatic carbocycles. The van der Waals surface area contributed by atoms with Crippen LogP contribution in [0.2, 0.25) is 6.32 Å². The highest BCUT2D eigenvalue weighted by Crippen LogP contribution is 2.45. The SMILES string of the molecule is C[n+]1ccccc1N1B(CC#N)N(c2cccc[n+]2C)c2ccccc21. The molecule has 126 valence electrons. The fourth-order valence-corrected chi connectivity index (χ4v) is 3.65. The fourth-order valence-electron chi connectivity index (χ4n) is 3.65. The average Bonchev–Trinajstić information content (AvgIpc) is 2.97. The number of aryl methyl sites for hydroxylation is 2. The summed E-state index contributed by atoms with van der Waals surface area (Å²) in [6.07, 6.45) is 4.46. The lowest BCUT2D eigenvalue weighted by molar-refractivity contribution is -0.658. The lowest BCUT2D eigenvalue weighted by Crippen LogP contribution is -2.50. The van der Waals surface area contributed by atoms with E-state index in [-0.39, 0.29) is 6.98 Å². The Hall–Kier alpha value is -3.33. The summed E-state index contributed by atoms with van der Waals surface area (Å²) in [6, 6.07) is 23.0. The monoisotopic (exact) mass is 341 g/mol. The molecule has 4 rings (SSSR count). The number of benzene rings is 1. The zero-order chi connectivity index (χ0) is 18.1. The standard InChI is InChI=1S/C20H20BN5/c1-23-15-7-5-11-19(23)25-17-9-3-4-10-18(17)26(21(25)13-14-22)20-12-6-8-16-24(20)2/h3-12,15-16H,13H2,1-2H3/q+2. The van der Waals surface area contributed by atoms with Crippen LogP contribution < -0.4 is 18.8 Å². The number of hydrogen-bond acceptors (Lipinski definition) is 3. The number of anilines is 4. The molecule has 1 aliphatic heterocycles. The summed E-state index contributed by atoms with van der Waals surface area (Å²) in [6.45, 7) is -0.111. The van der Waals surface area contributed by atoms with Crippen LogP contribution in [0.15, 0.2) is 73.1 Å². The van der Waals surface area contributed by atoms with E-state index in [0.29, 0.717) is 6.32 Å². The molecular formula is C20H20BN5+2. The Morgan fingerprint density at radius 3 is 1.69 bits per heavy atom. The van der Waals surface area contributed by atoms with E-state index in [1.54, 1.807) is 0 Å². The van der Waals surface area contributed by atoms with Crippen LogP contribution in [-0.4, -0.2) is 6.98 Å². The Kier molecular flexibility index (Phi) is 4.06. The third kappa shape index (κ3) is 2.49. The number of pyridine rings is 2. The van der Waals surface area contributed by atoms with Gasteiger partial charge in [-0.15, -0.1) is 0 Å². The quantitative estimate of drug-likeness (QED) is 0.543. The van der Waals surface area contributed by atoms with Crippen LogP contribution in [0.25, 0.3) is 0 Å². The molecule has 1 aliphatic rings. The summed E-state index contributed by atoms with van der Waals surface area (Å²) >= 11 is 0. The largest absolute Gasteiger partial charge is 0.638 e. The number of aromatic nitrogens is 2. The molecule has 0 N–H and O–H groups in total. The molecule has 0 radical (unpaired) electrons. The number of rotatable bonds is 3. The van der Waals surface area contributed by atoms with E-state index in [4.69, 9.17) is 0 Å². The van der Waals surface area contributed by atoms with Crippen LogP contribution in [0.1, 0.15) is 0 Å². The van der Waals surface area contributed by atoms with E-state index in [0.717, 1.165) is 23.0 Å². The van der Waals surface area contributed by atoms with Crippen LogP contribution in [-0.2, 0) is 14.1 Å². The van der Waals surface area contributed by atoms with Crippen molar-refractivity contribution in [3.8, 4) is 6.07 Å². The summed E-state index contributed by atoms with van der Waals surface area (Å²) in [5.41, 5.74) is 2.22. The molecule has 0 saturated heterocycles. The first kappa shape index (κ1) is 16.2. The number of nitrogens with zero attached hydrogens (tertiary/aromatic N) is 5. The van der Waals surface area contributed by atoms with Crippen molar-refractivity contribution in [3.05, 3.63) is 73.1 Å². The van der Waals surface area contributed by atoms with Gasteiger partial charge >= 0.3 is 6.98 Å². The Balaban J connectivity index is 1.95. The van der Waals surface area contributed by atoms with Gasteiger partial charge in [0.05, 0.1) is 32.6 Å². The number of fused-ring (bicyclic) bond motifs is 1. The third-order valence-electron chi connectivity index (χ3n) is 4.82. The van der Waals surface area contributed by atoms with Gasteiger partial charge < -0.3 is 0 Å². The van der Waals surface area contributed by atoms with Crippen molar-refractivity contribution in [3.63, 3.8) is 0 Å². The second-order valence-electron chi connectivity index (χ2n) is 6.41. The molecular weight excluding hydrogens is 321 g/mol. The number of para-hydroxylation sites is 2. The van der Waals surface area contributed by atoms with Crippen LogP contribution >= 0.6 is 0 Å². The van der Waals surface area contributed by atoms with E-state index in [1.807, 2.05) is 62.9 Å². The first-order chi connectivity index (χ1) is 12.7. The zero-order valence-corrected chi connectivity index (χ0v) is 14.9. The highest BCUT2D eigenvalue weighted by atomic mass is 15.4. The highest BCUT2D eigenvalue weighted by molar-refractivity contribution is 6.73. The molecule has 5 nitrogen and oxygen atoms in total. The van der Waals surface area contributed by atoms with Gasteiger partial charge in [0, 0.05) is 12.1 Å². The predicted molar refractivity (Wildman–Crippen MR) is 102 cm³/mol. The molecule has 1 aromatic carbocycles. The molecule has 0 atom stereocenters. The lowest BCUT2D eigenvalue weighted by atomic mass is 9.69. The van der Waals surface area contributed by atoms with E-state index >= 15 is 0 Å². The third-order valence-corrected chi connectivity index (χ3v) is 4.82. The Morgan fingerprint density at radius 2 is 1.27 bits per heavy atom. The summed E-state index contributed by atoms with van der Waals surface area (Å²) in [7, 11) is 4.07. The van der Waals surface area contributed by atoms with Crippen LogP contribution in [0.5, 0.6) is 0 Å². The first-order valence-electron chi connectivity index (χ1n) is 8.66. The zero-order valence-electron chi connectivity index (χ0n) is 14.9. The summed E-state index contributed by atoms with van der Waals surface area (Å²) in [4.78, 5) is 4.51. The van der Waals surface area contributed by atoms with Crippen molar-refractivity contribution in [2.75, 3.05) is 9.62 Å². The number of hydrogen-bond donors (Lipinski definition) is 0. The van der Waals surface area contributed by atoms with Crippen LogP contribution in [0.3, 0.4) is 0 Å². The Morgan fingerprint density at radius 1 is 0.808 bits per heavy atom. The molecule has 0 fully saturated rings. The molecule has 3 heterocycles. The molecule has 0 amide bonds. The van der Waals surface area contributed by atoms with Gasteiger partial charge in [0.25, 0.3) is 11.6 Å². The summed E-state index contributed by atoms with van der Waals surface area (Å²) in [5, 5.41) is 9.56. The number of nitriles is 1. The predicted octanol–water partition coefficient (Wildman–Crippen LogP) is 2.64. The molecule has 26 heavy (non-hydrogen) atoms. The molecule has 0 unspecified atom stereocenters. The second-order valence-corrected chi connectivity index (χ2v) is 6.41. The smallest absolute Gasteiger partial charge is 0.243 e. The summed E-state index contributed by atoms with van der Waals surface area (Å²) < 4.78 is 4.19. The molecule has 3 aromatic rings. The minimum Gasteiger partial charge on any atom is -0.243 e. The molecule has 0 spiro atoms. The van der Waals surface area contributed by atoms with Crippen molar-refractivity contribution in [1.82, 2.24) is 0 Å². The highest BCUT2D eigenvalue weighted by Gasteiger charge is 2.56. The van der Waals surface area contributed by atoms with Gasteiger partial charge in [0.15, 0.2) is 11.4 Å². The van der Waals surface area contributed by atoms with Crippen molar-refractivity contribution in [2.45, 2.75) is 6.32 Å². The molecule has 0 saturated carbocycles. The van der Waals surface area contributed by atoms with E-state index in [1.165, 1.54) is 0 Å². The second kappa shape index (κ2) is 6.53. The first-order valence-corrected chi connectivity index (χ1v) is 8.66. The molecule has 0 bridgehead atoms. The van der Waals surface area contributed by atoms with E-state index < -0.39 is 0 Å². The van der Waals surface area contributed by atoms with Gasteiger partial charge in [0.1, 0.15) is 6.32 Å². The van der Waals surface area contributed by atoms with Crippen LogP contribution in [0.4, 0.5) is 23.0 Å². The van der Waals surface area contributed by atoms with Crippen molar-refractivity contribution < 1.29 is 9.13 Å². The molecule has 2 aromatic heterocycles. The topological polar surface area (TPSA) is 38.0 Å². The van der Waals surface area contributed by atoms with Gasteiger partial charge in [-0.2, -0.15) is 5.26 Å². The molecule has 6 heteroatoms. The maximum Gasteiger partial charge on any atom is 0.638 e. The van der Waals surface area contributed by atoms with Gasteiger partial charge in [-0.3, -0.25) is 0 Å². The van der Waals surface area contributed by atoms with Gasteiger partial charge in [0.2, 0.25) is 0 Å². The Labute approximate surface area is 154 Å².